The Balaban J connectivity index is 2.52. The van der Waals surface area contributed by atoms with Crippen molar-refractivity contribution in [1.82, 2.24) is 0 Å². The van der Waals surface area contributed by atoms with Crippen molar-refractivity contribution in [3.05, 3.63) is 11.8 Å². The minimum absolute atomic E-state index is 0.279. The second-order valence-corrected chi connectivity index (χ2v) is 3.08. The summed E-state index contributed by atoms with van der Waals surface area (Å²) in [4.78, 5) is 11.4. The van der Waals surface area contributed by atoms with Crippen LogP contribution in [0, 0.1) is 0 Å². The molecule has 0 aromatic rings. The van der Waals surface area contributed by atoms with E-state index in [0.29, 0.717) is 13.0 Å². The number of hydrogen-bond donors (Lipinski definition) is 0. The molecule has 1 rings (SSSR count). The van der Waals surface area contributed by atoms with Crippen LogP contribution in [-0.4, -0.2) is 12.4 Å². The van der Waals surface area contributed by atoms with Gasteiger partial charge in [0.2, 0.25) is 0 Å². The van der Waals surface area contributed by atoms with E-state index >= 15 is 0 Å². The van der Waals surface area contributed by atoms with Crippen molar-refractivity contribution in [3.8, 4) is 0 Å². The van der Waals surface area contributed by atoms with Gasteiger partial charge in [0.05, 0.1) is 12.9 Å². The van der Waals surface area contributed by atoms with Crippen LogP contribution < -0.4 is 0 Å². The molecule has 2 heteroatoms. The lowest BCUT2D eigenvalue weighted by Gasteiger charge is -2.01. The van der Waals surface area contributed by atoms with Crippen LogP contribution in [0.4, 0.5) is 0 Å². The molecule has 68 valence electrons. The zero-order valence-corrected chi connectivity index (χ0v) is 7.64. The molecule has 0 N–H and O–H groups in total. The standard InChI is InChI=1S/C10H16O2/c1-2-12-8-9-6-4-3-5-7-10(9)11/h8H,2-7H2,1H3/b9-8+. The van der Waals surface area contributed by atoms with Crippen molar-refractivity contribution >= 4 is 5.78 Å². The van der Waals surface area contributed by atoms with Crippen molar-refractivity contribution in [2.45, 2.75) is 39.0 Å². The Bertz CT molecular complexity index is 182. The molecule has 0 aliphatic heterocycles. The predicted octanol–water partition coefficient (Wildman–Crippen LogP) is 2.44. The van der Waals surface area contributed by atoms with Crippen LogP contribution in [0.25, 0.3) is 0 Å². The van der Waals surface area contributed by atoms with E-state index in [4.69, 9.17) is 4.74 Å². The summed E-state index contributed by atoms with van der Waals surface area (Å²) in [5.41, 5.74) is 0.884. The second kappa shape index (κ2) is 4.96. The summed E-state index contributed by atoms with van der Waals surface area (Å²) in [6.07, 6.45) is 6.60. The summed E-state index contributed by atoms with van der Waals surface area (Å²) in [5, 5.41) is 0. The van der Waals surface area contributed by atoms with E-state index in [1.54, 1.807) is 6.26 Å². The van der Waals surface area contributed by atoms with E-state index in [2.05, 4.69) is 0 Å². The van der Waals surface area contributed by atoms with Crippen molar-refractivity contribution in [1.29, 1.82) is 0 Å². The first-order chi connectivity index (χ1) is 5.84. The van der Waals surface area contributed by atoms with Gasteiger partial charge in [0, 0.05) is 12.0 Å². The molecular weight excluding hydrogens is 152 g/mol. The predicted molar refractivity (Wildman–Crippen MR) is 47.8 cm³/mol. The van der Waals surface area contributed by atoms with Gasteiger partial charge in [-0.1, -0.05) is 6.42 Å². The number of ketones is 1. The van der Waals surface area contributed by atoms with Gasteiger partial charge < -0.3 is 4.74 Å². The van der Waals surface area contributed by atoms with E-state index in [0.717, 1.165) is 24.8 Å². The van der Waals surface area contributed by atoms with Gasteiger partial charge in [0.25, 0.3) is 0 Å². The summed E-state index contributed by atoms with van der Waals surface area (Å²) >= 11 is 0. The third kappa shape index (κ3) is 2.68. The summed E-state index contributed by atoms with van der Waals surface area (Å²) in [6.45, 7) is 2.58. The maximum atomic E-state index is 11.4. The van der Waals surface area contributed by atoms with E-state index < -0.39 is 0 Å². The second-order valence-electron chi connectivity index (χ2n) is 3.08. The third-order valence-electron chi connectivity index (χ3n) is 2.10. The van der Waals surface area contributed by atoms with Gasteiger partial charge in [0.1, 0.15) is 0 Å². The van der Waals surface area contributed by atoms with E-state index in [1.807, 2.05) is 6.92 Å². The molecule has 1 aliphatic rings. The first kappa shape index (κ1) is 9.30. The van der Waals surface area contributed by atoms with Gasteiger partial charge in [-0.3, -0.25) is 4.79 Å². The minimum atomic E-state index is 0.279. The van der Waals surface area contributed by atoms with Crippen molar-refractivity contribution < 1.29 is 9.53 Å². The largest absolute Gasteiger partial charge is 0.501 e. The lowest BCUT2D eigenvalue weighted by molar-refractivity contribution is -0.115. The van der Waals surface area contributed by atoms with E-state index in [9.17, 15) is 4.79 Å². The lowest BCUT2D eigenvalue weighted by atomic mass is 10.1. The van der Waals surface area contributed by atoms with Crippen LogP contribution in [0.15, 0.2) is 11.8 Å². The van der Waals surface area contributed by atoms with Crippen LogP contribution >= 0.6 is 0 Å². The number of carbonyl (C=O) groups is 1. The Morgan fingerprint density at radius 2 is 2.08 bits per heavy atom. The average molecular weight is 168 g/mol. The molecule has 2 nitrogen and oxygen atoms in total. The van der Waals surface area contributed by atoms with Crippen LogP contribution in [0.3, 0.4) is 0 Å². The maximum Gasteiger partial charge on any atom is 0.161 e. The molecule has 0 aromatic heterocycles. The van der Waals surface area contributed by atoms with Gasteiger partial charge in [-0.2, -0.15) is 0 Å². The number of allylic oxidation sites excluding steroid dienone is 1. The summed E-state index contributed by atoms with van der Waals surface area (Å²) in [7, 11) is 0. The van der Waals surface area contributed by atoms with Gasteiger partial charge in [-0.15, -0.1) is 0 Å². The Morgan fingerprint density at radius 1 is 1.33 bits per heavy atom. The summed E-state index contributed by atoms with van der Waals surface area (Å²) in [5.74, 6) is 0.279. The van der Waals surface area contributed by atoms with Crippen LogP contribution in [0.1, 0.15) is 39.0 Å². The number of carbonyl (C=O) groups excluding carboxylic acids is 1. The fourth-order valence-electron chi connectivity index (χ4n) is 1.39. The molecular formula is C10H16O2. The molecule has 0 radical (unpaired) electrons. The summed E-state index contributed by atoms with van der Waals surface area (Å²) in [6, 6.07) is 0. The molecule has 1 fully saturated rings. The van der Waals surface area contributed by atoms with Crippen LogP contribution in [0.2, 0.25) is 0 Å². The zero-order valence-electron chi connectivity index (χ0n) is 7.64. The van der Waals surface area contributed by atoms with E-state index in [-0.39, 0.29) is 5.78 Å². The zero-order chi connectivity index (χ0) is 8.81. The normalized spacial score (nSPS) is 22.4. The van der Waals surface area contributed by atoms with E-state index in [1.165, 1.54) is 6.42 Å². The molecule has 0 unspecified atom stereocenters. The summed E-state index contributed by atoms with van der Waals surface area (Å²) < 4.78 is 5.12. The van der Waals surface area contributed by atoms with Gasteiger partial charge in [-0.05, 0) is 26.2 Å². The van der Waals surface area contributed by atoms with Crippen LogP contribution in [0.5, 0.6) is 0 Å². The lowest BCUT2D eigenvalue weighted by Crippen LogP contribution is -2.00. The van der Waals surface area contributed by atoms with Gasteiger partial charge in [-0.25, -0.2) is 0 Å². The number of hydrogen-bond acceptors (Lipinski definition) is 2. The molecule has 0 atom stereocenters. The molecule has 0 heterocycles. The topological polar surface area (TPSA) is 26.3 Å². The molecule has 0 spiro atoms. The first-order valence-corrected chi connectivity index (χ1v) is 4.68. The quantitative estimate of drug-likeness (QED) is 0.359. The molecule has 1 saturated carbocycles. The minimum Gasteiger partial charge on any atom is -0.501 e. The fourth-order valence-corrected chi connectivity index (χ4v) is 1.39. The van der Waals surface area contributed by atoms with Crippen molar-refractivity contribution in [2.24, 2.45) is 0 Å². The highest BCUT2D eigenvalue weighted by atomic mass is 16.5. The molecule has 0 saturated heterocycles. The van der Waals surface area contributed by atoms with Gasteiger partial charge >= 0.3 is 0 Å². The first-order valence-electron chi connectivity index (χ1n) is 4.68. The fraction of sp³-hybridized carbons (Fsp3) is 0.700. The monoisotopic (exact) mass is 168 g/mol. The molecule has 12 heavy (non-hydrogen) atoms. The Labute approximate surface area is 73.6 Å². The number of rotatable bonds is 2. The highest BCUT2D eigenvalue weighted by Crippen LogP contribution is 2.18. The van der Waals surface area contributed by atoms with Crippen molar-refractivity contribution in [2.75, 3.05) is 6.61 Å². The van der Waals surface area contributed by atoms with Gasteiger partial charge in [0.15, 0.2) is 5.78 Å². The van der Waals surface area contributed by atoms with Crippen LogP contribution in [-0.2, 0) is 9.53 Å². The number of ether oxygens (including phenoxy) is 1. The Kier molecular flexibility index (Phi) is 3.85. The molecule has 1 aliphatic carbocycles. The SMILES string of the molecule is CCO/C=C1\CCCCCC1=O. The maximum absolute atomic E-state index is 11.4. The molecule has 0 aromatic carbocycles. The smallest absolute Gasteiger partial charge is 0.161 e. The highest BCUT2D eigenvalue weighted by Gasteiger charge is 2.13. The van der Waals surface area contributed by atoms with Crippen molar-refractivity contribution in [3.63, 3.8) is 0 Å². The molecule has 0 amide bonds. The number of Topliss-reactive ketones (excluding diaryl/α,β-unsaturated/α-hetero) is 1. The average Bonchev–Trinajstić information content (AvgIpc) is 2.27. The Hall–Kier alpha value is -0.790. The molecule has 0 bridgehead atoms. The Morgan fingerprint density at radius 3 is 2.83 bits per heavy atom. The highest BCUT2D eigenvalue weighted by molar-refractivity contribution is 5.95. The third-order valence-corrected chi connectivity index (χ3v) is 2.10.